The quantitative estimate of drug-likeness (QED) is 0.472. The molecule has 0 bridgehead atoms. The molecule has 2 heteroatoms. The zero-order valence-electron chi connectivity index (χ0n) is 7.85. The molecule has 0 aromatic carbocycles. The summed E-state index contributed by atoms with van der Waals surface area (Å²) in [5.41, 5.74) is 1.22. The fourth-order valence-electron chi connectivity index (χ4n) is 0.901. The summed E-state index contributed by atoms with van der Waals surface area (Å²) in [5, 5.41) is 0.975. The van der Waals surface area contributed by atoms with Gasteiger partial charge in [-0.3, -0.25) is 0 Å². The van der Waals surface area contributed by atoms with Crippen LogP contribution in [-0.2, 0) is 4.84 Å². The number of hydroxylamine groups is 2. The first-order valence-electron chi connectivity index (χ1n) is 3.98. The van der Waals surface area contributed by atoms with Crippen molar-refractivity contribution in [2.75, 3.05) is 13.7 Å². The Balaban J connectivity index is 3.85. The third-order valence-corrected chi connectivity index (χ3v) is 1.23. The lowest BCUT2D eigenvalue weighted by Gasteiger charge is -2.04. The smallest absolute Gasteiger partial charge is 0.129 e. The molecule has 1 unspecified atom stereocenters. The molecule has 0 rings (SSSR count). The molecule has 0 amide bonds. The molecule has 64 valence electrons. The van der Waals surface area contributed by atoms with Gasteiger partial charge < -0.3 is 0 Å². The van der Waals surface area contributed by atoms with Crippen LogP contribution in [0, 0.1) is 0 Å². The van der Waals surface area contributed by atoms with Gasteiger partial charge in [0.15, 0.2) is 0 Å². The monoisotopic (exact) mass is 156 g/mol. The van der Waals surface area contributed by atoms with Crippen molar-refractivity contribution in [1.29, 1.82) is 0 Å². The summed E-state index contributed by atoms with van der Waals surface area (Å²) in [6, 6.07) is 0. The van der Waals surface area contributed by atoms with Gasteiger partial charge in [0.25, 0.3) is 0 Å². The number of quaternary nitrogens is 1. The van der Waals surface area contributed by atoms with Gasteiger partial charge in [-0.15, -0.1) is 0 Å². The largest absolute Gasteiger partial charge is 0.200 e. The molecule has 0 aromatic rings. The topological polar surface area (TPSA) is 13.7 Å². The highest BCUT2D eigenvalue weighted by atomic mass is 16.7. The van der Waals surface area contributed by atoms with Crippen LogP contribution >= 0.6 is 0 Å². The van der Waals surface area contributed by atoms with Crippen molar-refractivity contribution in [1.82, 2.24) is 0 Å². The lowest BCUT2D eigenvalue weighted by Crippen LogP contribution is -3.03. The van der Waals surface area contributed by atoms with Crippen molar-refractivity contribution in [3.05, 3.63) is 23.9 Å². The third-order valence-electron chi connectivity index (χ3n) is 1.23. The van der Waals surface area contributed by atoms with Crippen LogP contribution in [0.25, 0.3) is 0 Å². The molecule has 0 aliphatic carbocycles. The van der Waals surface area contributed by atoms with Gasteiger partial charge in [-0.2, -0.15) is 5.06 Å². The van der Waals surface area contributed by atoms with Gasteiger partial charge in [0, 0.05) is 5.57 Å². The van der Waals surface area contributed by atoms with Crippen LogP contribution in [-0.4, -0.2) is 13.7 Å². The van der Waals surface area contributed by atoms with Crippen LogP contribution in [0.5, 0.6) is 0 Å². The lowest BCUT2D eigenvalue weighted by atomic mass is 10.3. The Bertz CT molecular complexity index is 150. The van der Waals surface area contributed by atoms with E-state index in [1.54, 1.807) is 0 Å². The number of allylic oxidation sites excluding steroid dienone is 3. The fraction of sp³-hybridized carbons (Fsp3) is 0.556. The van der Waals surface area contributed by atoms with Gasteiger partial charge in [0.2, 0.25) is 0 Å². The predicted octanol–water partition coefficient (Wildman–Crippen LogP) is 0.932. The van der Waals surface area contributed by atoms with Crippen LogP contribution in [0.1, 0.15) is 20.8 Å². The maximum absolute atomic E-state index is 5.27. The van der Waals surface area contributed by atoms with Gasteiger partial charge in [-0.25, -0.2) is 4.84 Å². The molecule has 0 aliphatic rings. The Morgan fingerprint density at radius 1 is 1.55 bits per heavy atom. The SMILES string of the molecule is C/C=C\C(C)=C/[NH+](C)OCC. The second-order valence-electron chi connectivity index (χ2n) is 2.43. The van der Waals surface area contributed by atoms with Crippen molar-refractivity contribution in [3.8, 4) is 0 Å². The van der Waals surface area contributed by atoms with Gasteiger partial charge in [0.05, 0.1) is 0 Å². The van der Waals surface area contributed by atoms with Crippen LogP contribution in [0.15, 0.2) is 23.9 Å². The summed E-state index contributed by atoms with van der Waals surface area (Å²) in [7, 11) is 1.97. The number of rotatable bonds is 4. The molecule has 0 aliphatic heterocycles. The van der Waals surface area contributed by atoms with Crippen molar-refractivity contribution in [3.63, 3.8) is 0 Å². The Hall–Kier alpha value is -0.600. The molecule has 0 radical (unpaired) electrons. The first-order chi connectivity index (χ1) is 5.20. The molecular weight excluding hydrogens is 138 g/mol. The molecule has 0 fully saturated rings. The molecule has 11 heavy (non-hydrogen) atoms. The Labute approximate surface area is 69.1 Å². The maximum atomic E-state index is 5.27. The van der Waals surface area contributed by atoms with Crippen LogP contribution in [0.3, 0.4) is 0 Å². The van der Waals surface area contributed by atoms with E-state index in [-0.39, 0.29) is 0 Å². The zero-order valence-corrected chi connectivity index (χ0v) is 7.85. The molecule has 0 spiro atoms. The van der Waals surface area contributed by atoms with Crippen molar-refractivity contribution in [2.24, 2.45) is 0 Å². The second kappa shape index (κ2) is 6.13. The van der Waals surface area contributed by atoms with Gasteiger partial charge in [0.1, 0.15) is 19.9 Å². The minimum atomic E-state index is 0.742. The van der Waals surface area contributed by atoms with E-state index in [2.05, 4.69) is 13.0 Å². The van der Waals surface area contributed by atoms with E-state index in [0.29, 0.717) is 0 Å². The molecule has 0 saturated heterocycles. The number of hydrogen-bond donors (Lipinski definition) is 1. The third kappa shape index (κ3) is 5.83. The number of nitrogens with one attached hydrogen (secondary N) is 1. The second-order valence-corrected chi connectivity index (χ2v) is 2.43. The van der Waals surface area contributed by atoms with Gasteiger partial charge >= 0.3 is 0 Å². The summed E-state index contributed by atoms with van der Waals surface area (Å²) in [5.74, 6) is 0. The van der Waals surface area contributed by atoms with E-state index >= 15 is 0 Å². The Kier molecular flexibility index (Phi) is 5.80. The van der Waals surface area contributed by atoms with Crippen molar-refractivity contribution in [2.45, 2.75) is 20.8 Å². The summed E-state index contributed by atoms with van der Waals surface area (Å²) in [6.07, 6.45) is 6.11. The average molecular weight is 156 g/mol. The van der Waals surface area contributed by atoms with Crippen molar-refractivity contribution < 1.29 is 9.90 Å². The molecule has 1 N–H and O–H groups in total. The first kappa shape index (κ1) is 10.4. The summed E-state index contributed by atoms with van der Waals surface area (Å²) < 4.78 is 0. The molecule has 0 aromatic heterocycles. The highest BCUT2D eigenvalue weighted by Crippen LogP contribution is 1.88. The summed E-state index contributed by atoms with van der Waals surface area (Å²) in [6.45, 7) is 6.80. The fourth-order valence-corrected chi connectivity index (χ4v) is 0.901. The molecule has 2 nitrogen and oxygen atoms in total. The molecular formula is C9H18NO+. The Morgan fingerprint density at radius 2 is 2.18 bits per heavy atom. The van der Waals surface area contributed by atoms with E-state index in [1.807, 2.05) is 33.2 Å². The summed E-state index contributed by atoms with van der Waals surface area (Å²) in [4.78, 5) is 5.27. The van der Waals surface area contributed by atoms with E-state index < -0.39 is 0 Å². The standard InChI is InChI=1S/C9H17NO/c1-5-7-9(3)8-10(4)11-6-2/h5,7-8H,6H2,1-4H3/p+1/b7-5-,9-8-. The van der Waals surface area contributed by atoms with E-state index in [1.165, 1.54) is 5.57 Å². The Morgan fingerprint density at radius 3 is 2.64 bits per heavy atom. The highest BCUT2D eigenvalue weighted by molar-refractivity contribution is 5.11. The minimum Gasteiger partial charge on any atom is -0.200 e. The predicted molar refractivity (Wildman–Crippen MR) is 47.1 cm³/mol. The van der Waals surface area contributed by atoms with Crippen molar-refractivity contribution >= 4 is 0 Å². The molecule has 0 heterocycles. The van der Waals surface area contributed by atoms with E-state index in [4.69, 9.17) is 4.84 Å². The normalized spacial score (nSPS) is 15.8. The van der Waals surface area contributed by atoms with E-state index in [9.17, 15) is 0 Å². The number of hydrogen-bond acceptors (Lipinski definition) is 1. The first-order valence-corrected chi connectivity index (χ1v) is 3.98. The van der Waals surface area contributed by atoms with Gasteiger partial charge in [-0.05, 0) is 20.8 Å². The van der Waals surface area contributed by atoms with Crippen LogP contribution < -0.4 is 5.06 Å². The zero-order chi connectivity index (χ0) is 8.69. The molecule has 1 atom stereocenters. The maximum Gasteiger partial charge on any atom is 0.129 e. The average Bonchev–Trinajstić information content (AvgIpc) is 1.87. The summed E-state index contributed by atoms with van der Waals surface area (Å²) >= 11 is 0. The van der Waals surface area contributed by atoms with Crippen LogP contribution in [0.2, 0.25) is 0 Å². The lowest BCUT2D eigenvalue weighted by molar-refractivity contribution is -1.03. The minimum absolute atomic E-state index is 0.742. The van der Waals surface area contributed by atoms with Gasteiger partial charge in [-0.1, -0.05) is 12.2 Å². The van der Waals surface area contributed by atoms with Crippen LogP contribution in [0.4, 0.5) is 0 Å². The van der Waals surface area contributed by atoms with E-state index in [0.717, 1.165) is 11.7 Å². The molecule has 0 saturated carbocycles. The highest BCUT2D eigenvalue weighted by Gasteiger charge is 1.94.